The quantitative estimate of drug-likeness (QED) is 0.853. The lowest BCUT2D eigenvalue weighted by molar-refractivity contribution is 0.345. The summed E-state index contributed by atoms with van der Waals surface area (Å²) in [7, 11) is 0. The zero-order chi connectivity index (χ0) is 11.7. The molecule has 0 aromatic carbocycles. The molecule has 1 N–H and O–H groups in total. The van der Waals surface area contributed by atoms with Crippen LogP contribution in [0.15, 0.2) is 22.9 Å². The van der Waals surface area contributed by atoms with Gasteiger partial charge in [-0.05, 0) is 37.9 Å². The van der Waals surface area contributed by atoms with Crippen LogP contribution in [0, 0.1) is 6.92 Å². The third-order valence-electron chi connectivity index (χ3n) is 3.02. The molecule has 0 saturated carbocycles. The molecule has 1 saturated heterocycles. The van der Waals surface area contributed by atoms with Crippen LogP contribution in [0.1, 0.15) is 30.3 Å². The van der Waals surface area contributed by atoms with Crippen LogP contribution in [-0.2, 0) is 0 Å². The molecule has 1 atom stereocenters. The highest BCUT2D eigenvalue weighted by Gasteiger charge is 2.23. The van der Waals surface area contributed by atoms with Gasteiger partial charge in [0.1, 0.15) is 5.69 Å². The fourth-order valence-electron chi connectivity index (χ4n) is 2.09. The molecule has 1 fully saturated rings. The van der Waals surface area contributed by atoms with Crippen LogP contribution in [0.4, 0.5) is 0 Å². The van der Waals surface area contributed by atoms with E-state index in [9.17, 15) is 0 Å². The average Bonchev–Trinajstić information content (AvgIpc) is 3.00. The van der Waals surface area contributed by atoms with Gasteiger partial charge in [-0.1, -0.05) is 11.2 Å². The molecule has 1 aliphatic rings. The van der Waals surface area contributed by atoms with E-state index >= 15 is 0 Å². The molecule has 5 nitrogen and oxygen atoms in total. The molecule has 0 amide bonds. The third-order valence-corrected chi connectivity index (χ3v) is 3.02. The van der Waals surface area contributed by atoms with Crippen molar-refractivity contribution < 1.29 is 4.52 Å². The number of aryl methyl sites for hydroxylation is 1. The fraction of sp³-hybridized carbons (Fsp3) is 0.417. The normalized spacial score (nSPS) is 19.7. The molecule has 3 heterocycles. The van der Waals surface area contributed by atoms with Gasteiger partial charge in [-0.2, -0.15) is 4.98 Å². The lowest BCUT2D eigenvalue weighted by Crippen LogP contribution is -2.13. The number of aromatic nitrogens is 3. The highest BCUT2D eigenvalue weighted by Crippen LogP contribution is 2.24. The molecule has 3 rings (SSSR count). The first kappa shape index (κ1) is 10.4. The Balaban J connectivity index is 1.92. The number of rotatable bonds is 2. The second-order valence-corrected chi connectivity index (χ2v) is 4.27. The van der Waals surface area contributed by atoms with Crippen molar-refractivity contribution in [2.75, 3.05) is 6.54 Å². The van der Waals surface area contributed by atoms with Gasteiger partial charge in [-0.15, -0.1) is 0 Å². The second kappa shape index (κ2) is 4.25. The van der Waals surface area contributed by atoms with E-state index in [1.807, 2.05) is 19.1 Å². The van der Waals surface area contributed by atoms with Crippen molar-refractivity contribution in [3.8, 4) is 11.5 Å². The zero-order valence-corrected chi connectivity index (χ0v) is 9.68. The largest absolute Gasteiger partial charge is 0.337 e. The first-order valence-electron chi connectivity index (χ1n) is 5.83. The highest BCUT2D eigenvalue weighted by atomic mass is 16.5. The van der Waals surface area contributed by atoms with Crippen molar-refractivity contribution >= 4 is 0 Å². The molecule has 1 aliphatic heterocycles. The van der Waals surface area contributed by atoms with Gasteiger partial charge in [0.05, 0.1) is 6.04 Å². The summed E-state index contributed by atoms with van der Waals surface area (Å²) in [6.45, 7) is 3.01. The Bertz CT molecular complexity index is 517. The molecular formula is C12H14N4O. The van der Waals surface area contributed by atoms with Crippen molar-refractivity contribution in [2.45, 2.75) is 25.8 Å². The van der Waals surface area contributed by atoms with E-state index in [1.54, 1.807) is 6.20 Å². The van der Waals surface area contributed by atoms with Gasteiger partial charge in [0.25, 0.3) is 0 Å². The van der Waals surface area contributed by atoms with E-state index in [4.69, 9.17) is 4.52 Å². The minimum absolute atomic E-state index is 0.209. The van der Waals surface area contributed by atoms with Gasteiger partial charge >= 0.3 is 0 Å². The van der Waals surface area contributed by atoms with Crippen LogP contribution in [0.5, 0.6) is 0 Å². The lowest BCUT2D eigenvalue weighted by Gasteiger charge is -2.01. The predicted octanol–water partition coefficient (Wildman–Crippen LogP) is 1.86. The Labute approximate surface area is 99.3 Å². The van der Waals surface area contributed by atoms with Crippen LogP contribution in [0.25, 0.3) is 11.5 Å². The molecule has 0 unspecified atom stereocenters. The number of pyridine rings is 1. The van der Waals surface area contributed by atoms with Crippen molar-refractivity contribution in [3.05, 3.63) is 29.8 Å². The number of nitrogens with zero attached hydrogens (tertiary/aromatic N) is 3. The third kappa shape index (κ3) is 1.93. The maximum Gasteiger partial charge on any atom is 0.244 e. The molecule has 0 aliphatic carbocycles. The molecule has 2 aromatic heterocycles. The zero-order valence-electron chi connectivity index (χ0n) is 9.68. The maximum atomic E-state index is 5.29. The Kier molecular flexibility index (Phi) is 2.60. The summed E-state index contributed by atoms with van der Waals surface area (Å²) >= 11 is 0. The molecule has 5 heteroatoms. The molecule has 17 heavy (non-hydrogen) atoms. The van der Waals surface area contributed by atoms with Crippen molar-refractivity contribution in [1.29, 1.82) is 0 Å². The molecule has 2 aromatic rings. The molecule has 88 valence electrons. The Morgan fingerprint density at radius 1 is 1.47 bits per heavy atom. The molecule has 0 radical (unpaired) electrons. The Morgan fingerprint density at radius 3 is 3.18 bits per heavy atom. The van der Waals surface area contributed by atoms with E-state index in [1.165, 1.54) is 0 Å². The van der Waals surface area contributed by atoms with Crippen molar-refractivity contribution in [3.63, 3.8) is 0 Å². The summed E-state index contributed by atoms with van der Waals surface area (Å²) in [5.41, 5.74) is 1.85. The van der Waals surface area contributed by atoms with Crippen LogP contribution in [0.3, 0.4) is 0 Å². The fourth-order valence-corrected chi connectivity index (χ4v) is 2.09. The summed E-state index contributed by atoms with van der Waals surface area (Å²) in [5.74, 6) is 1.24. The molecular weight excluding hydrogens is 216 g/mol. The van der Waals surface area contributed by atoms with Crippen LogP contribution in [0.2, 0.25) is 0 Å². The highest BCUT2D eigenvalue weighted by molar-refractivity contribution is 5.53. The average molecular weight is 230 g/mol. The number of hydrogen-bond acceptors (Lipinski definition) is 5. The monoisotopic (exact) mass is 230 g/mol. The van der Waals surface area contributed by atoms with Crippen LogP contribution >= 0.6 is 0 Å². The Hall–Kier alpha value is -1.75. The first-order valence-corrected chi connectivity index (χ1v) is 5.83. The van der Waals surface area contributed by atoms with Crippen molar-refractivity contribution in [1.82, 2.24) is 20.4 Å². The van der Waals surface area contributed by atoms with E-state index in [2.05, 4.69) is 20.4 Å². The summed E-state index contributed by atoms with van der Waals surface area (Å²) in [6.07, 6.45) is 3.96. The maximum absolute atomic E-state index is 5.29. The summed E-state index contributed by atoms with van der Waals surface area (Å²) < 4.78 is 5.29. The van der Waals surface area contributed by atoms with E-state index in [0.29, 0.717) is 11.7 Å². The summed E-state index contributed by atoms with van der Waals surface area (Å²) in [4.78, 5) is 8.70. The predicted molar refractivity (Wildman–Crippen MR) is 62.2 cm³/mol. The van der Waals surface area contributed by atoms with E-state index in [0.717, 1.165) is 30.6 Å². The molecule has 0 spiro atoms. The topological polar surface area (TPSA) is 63.8 Å². The first-order chi connectivity index (χ1) is 8.34. The van der Waals surface area contributed by atoms with Gasteiger partial charge < -0.3 is 9.84 Å². The van der Waals surface area contributed by atoms with Crippen LogP contribution < -0.4 is 5.32 Å². The minimum atomic E-state index is 0.209. The van der Waals surface area contributed by atoms with E-state index < -0.39 is 0 Å². The van der Waals surface area contributed by atoms with Gasteiger partial charge in [0, 0.05) is 6.20 Å². The summed E-state index contributed by atoms with van der Waals surface area (Å²) in [5, 5.41) is 7.34. The molecule has 0 bridgehead atoms. The van der Waals surface area contributed by atoms with Crippen LogP contribution in [-0.4, -0.2) is 21.7 Å². The number of nitrogens with one attached hydrogen (secondary N) is 1. The Morgan fingerprint density at radius 2 is 2.41 bits per heavy atom. The standard InChI is InChI=1S/C12H14N4O/c1-8-4-2-7-14-10(8)11-15-12(17-16-11)9-5-3-6-13-9/h2,4,7,9,13H,3,5-6H2,1H3/t9-/m1/s1. The SMILES string of the molecule is Cc1cccnc1-c1noc([C@H]2CCCN2)n1. The van der Waals surface area contributed by atoms with Gasteiger partial charge in [0.15, 0.2) is 0 Å². The smallest absolute Gasteiger partial charge is 0.244 e. The lowest BCUT2D eigenvalue weighted by atomic mass is 10.2. The summed E-state index contributed by atoms with van der Waals surface area (Å²) in [6, 6.07) is 4.10. The van der Waals surface area contributed by atoms with Crippen molar-refractivity contribution in [2.24, 2.45) is 0 Å². The van der Waals surface area contributed by atoms with E-state index in [-0.39, 0.29) is 6.04 Å². The number of hydrogen-bond donors (Lipinski definition) is 1. The van der Waals surface area contributed by atoms with Gasteiger partial charge in [0.2, 0.25) is 11.7 Å². The minimum Gasteiger partial charge on any atom is -0.337 e. The van der Waals surface area contributed by atoms with Gasteiger partial charge in [-0.3, -0.25) is 4.98 Å². The van der Waals surface area contributed by atoms with Gasteiger partial charge in [-0.25, -0.2) is 0 Å². The second-order valence-electron chi connectivity index (χ2n) is 4.27.